The summed E-state index contributed by atoms with van der Waals surface area (Å²) in [6.45, 7) is 1.96. The highest BCUT2D eigenvalue weighted by Crippen LogP contribution is 2.34. The maximum Gasteiger partial charge on any atom is 0.322 e. The maximum atomic E-state index is 14.2. The number of urea groups is 1. The fourth-order valence-corrected chi connectivity index (χ4v) is 3.49. The molecule has 1 aliphatic heterocycles. The molecule has 0 radical (unpaired) electrons. The van der Waals surface area contributed by atoms with Crippen molar-refractivity contribution in [2.75, 3.05) is 5.32 Å². The third-order valence-corrected chi connectivity index (χ3v) is 5.12. The summed E-state index contributed by atoms with van der Waals surface area (Å²) in [6, 6.07) is 6.39. The lowest BCUT2D eigenvalue weighted by atomic mass is 9.97. The van der Waals surface area contributed by atoms with Gasteiger partial charge in [0, 0.05) is 29.8 Å². The summed E-state index contributed by atoms with van der Waals surface area (Å²) in [5.41, 5.74) is 1.58. The largest absolute Gasteiger partial charge is 0.356 e. The van der Waals surface area contributed by atoms with Crippen molar-refractivity contribution in [2.24, 2.45) is 0 Å². The minimum Gasteiger partial charge on any atom is -0.356 e. The summed E-state index contributed by atoms with van der Waals surface area (Å²) in [6.07, 6.45) is 0.402. The lowest BCUT2D eigenvalue weighted by molar-refractivity contribution is 0.182. The van der Waals surface area contributed by atoms with Crippen molar-refractivity contribution < 1.29 is 22.5 Å². The number of hydrogen-bond donors (Lipinski definition) is 1. The number of amides is 2. The van der Waals surface area contributed by atoms with E-state index >= 15 is 0 Å². The number of nitrogens with zero attached hydrogens (tertiary/aromatic N) is 2. The van der Waals surface area contributed by atoms with Crippen molar-refractivity contribution in [3.8, 4) is 11.3 Å². The second-order valence-electron chi connectivity index (χ2n) is 6.80. The molecule has 0 fully saturated rings. The van der Waals surface area contributed by atoms with E-state index in [1.807, 2.05) is 6.92 Å². The molecule has 0 saturated heterocycles. The molecular formula is C20H15ClF3N3O2. The van der Waals surface area contributed by atoms with Crippen molar-refractivity contribution in [1.82, 2.24) is 10.1 Å². The molecule has 0 unspecified atom stereocenters. The van der Waals surface area contributed by atoms with Crippen LogP contribution in [0.15, 0.2) is 40.9 Å². The Morgan fingerprint density at radius 1 is 1.21 bits per heavy atom. The van der Waals surface area contributed by atoms with Crippen LogP contribution in [-0.2, 0) is 13.0 Å². The van der Waals surface area contributed by atoms with Crippen LogP contribution < -0.4 is 5.32 Å². The van der Waals surface area contributed by atoms with Gasteiger partial charge in [0.2, 0.25) is 0 Å². The molecule has 9 heteroatoms. The van der Waals surface area contributed by atoms with E-state index in [4.69, 9.17) is 16.1 Å². The molecule has 1 aliphatic rings. The summed E-state index contributed by atoms with van der Waals surface area (Å²) in [5.74, 6) is -1.91. The van der Waals surface area contributed by atoms with Gasteiger partial charge in [0.05, 0.1) is 22.8 Å². The molecule has 1 N–H and O–H groups in total. The topological polar surface area (TPSA) is 58.4 Å². The van der Waals surface area contributed by atoms with Crippen molar-refractivity contribution >= 4 is 23.3 Å². The third-order valence-electron chi connectivity index (χ3n) is 4.83. The number of fused-ring (bicyclic) bond motifs is 1. The van der Waals surface area contributed by atoms with Gasteiger partial charge < -0.3 is 14.7 Å². The number of rotatable bonds is 2. The van der Waals surface area contributed by atoms with E-state index in [1.165, 1.54) is 23.1 Å². The Hall–Kier alpha value is -3.00. The van der Waals surface area contributed by atoms with E-state index in [2.05, 4.69) is 10.5 Å². The second kappa shape index (κ2) is 7.44. The van der Waals surface area contributed by atoms with Gasteiger partial charge in [0.1, 0.15) is 17.5 Å². The Labute approximate surface area is 169 Å². The number of halogens is 4. The zero-order chi connectivity index (χ0) is 20.7. The molecule has 4 rings (SSSR count). The quantitative estimate of drug-likeness (QED) is 0.603. The fourth-order valence-electron chi connectivity index (χ4n) is 3.31. The summed E-state index contributed by atoms with van der Waals surface area (Å²) >= 11 is 5.76. The third kappa shape index (κ3) is 3.67. The predicted molar refractivity (Wildman–Crippen MR) is 101 cm³/mol. The molecule has 1 atom stereocenters. The monoisotopic (exact) mass is 421 g/mol. The van der Waals surface area contributed by atoms with Crippen molar-refractivity contribution in [2.45, 2.75) is 25.9 Å². The Kier molecular flexibility index (Phi) is 4.96. The van der Waals surface area contributed by atoms with Gasteiger partial charge in [-0.1, -0.05) is 16.8 Å². The molecule has 0 saturated carbocycles. The Bertz CT molecular complexity index is 1100. The highest BCUT2D eigenvalue weighted by Gasteiger charge is 2.33. The molecule has 0 bridgehead atoms. The first-order valence-electron chi connectivity index (χ1n) is 8.79. The summed E-state index contributed by atoms with van der Waals surface area (Å²) in [7, 11) is 0. The number of nitrogens with one attached hydrogen (secondary N) is 1. The average Bonchev–Trinajstić information content (AvgIpc) is 3.06. The first kappa shape index (κ1) is 19.3. The molecular weight excluding hydrogens is 407 g/mol. The predicted octanol–water partition coefficient (Wildman–Crippen LogP) is 5.39. The SMILES string of the molecule is C[C@H]1Cc2noc(-c3ccc(F)cc3F)c2CN1C(=O)Nc1ccc(F)c(Cl)c1. The van der Waals surface area contributed by atoms with E-state index in [-0.39, 0.29) is 28.9 Å². The molecule has 2 aromatic carbocycles. The second-order valence-corrected chi connectivity index (χ2v) is 7.21. The molecule has 1 aromatic heterocycles. The van der Waals surface area contributed by atoms with E-state index in [0.29, 0.717) is 23.4 Å². The summed E-state index contributed by atoms with van der Waals surface area (Å²) in [5, 5.41) is 6.56. The van der Waals surface area contributed by atoms with Gasteiger partial charge in [-0.05, 0) is 37.3 Å². The molecule has 3 aromatic rings. The molecule has 2 amide bonds. The van der Waals surface area contributed by atoms with Gasteiger partial charge in [-0.15, -0.1) is 0 Å². The number of carbonyl (C=O) groups is 1. The van der Waals surface area contributed by atoms with Gasteiger partial charge in [0.25, 0.3) is 0 Å². The van der Waals surface area contributed by atoms with E-state index in [0.717, 1.165) is 18.2 Å². The normalized spacial score (nSPS) is 15.9. The number of anilines is 1. The lowest BCUT2D eigenvalue weighted by Gasteiger charge is -2.32. The average molecular weight is 422 g/mol. The van der Waals surface area contributed by atoms with Crippen LogP contribution in [0.4, 0.5) is 23.7 Å². The Morgan fingerprint density at radius 3 is 2.72 bits per heavy atom. The number of aromatic nitrogens is 1. The first-order chi connectivity index (χ1) is 13.8. The standard InChI is InChI=1S/C20H15ClF3N3O2/c1-10-6-18-14(19(29-26-18)13-4-2-11(22)7-17(13)24)9-27(10)20(28)25-12-3-5-16(23)15(21)8-12/h2-5,7-8,10H,6,9H2,1H3,(H,25,28)/t10-/m0/s1. The molecule has 0 aliphatic carbocycles. The number of hydrogen-bond acceptors (Lipinski definition) is 3. The van der Waals surface area contributed by atoms with Crippen LogP contribution in [0.2, 0.25) is 5.02 Å². The molecule has 2 heterocycles. The van der Waals surface area contributed by atoms with Crippen LogP contribution in [0.1, 0.15) is 18.2 Å². The highest BCUT2D eigenvalue weighted by atomic mass is 35.5. The van der Waals surface area contributed by atoms with E-state index < -0.39 is 23.5 Å². The van der Waals surface area contributed by atoms with Crippen molar-refractivity contribution in [3.63, 3.8) is 0 Å². The fraction of sp³-hybridized carbons (Fsp3) is 0.200. The van der Waals surface area contributed by atoms with Gasteiger partial charge in [-0.25, -0.2) is 18.0 Å². The molecule has 5 nitrogen and oxygen atoms in total. The minimum absolute atomic E-state index is 0.0698. The van der Waals surface area contributed by atoms with Crippen LogP contribution in [-0.4, -0.2) is 22.1 Å². The maximum absolute atomic E-state index is 14.2. The highest BCUT2D eigenvalue weighted by molar-refractivity contribution is 6.31. The Morgan fingerprint density at radius 2 is 2.00 bits per heavy atom. The van der Waals surface area contributed by atoms with Crippen LogP contribution in [0.5, 0.6) is 0 Å². The molecule has 29 heavy (non-hydrogen) atoms. The van der Waals surface area contributed by atoms with Crippen LogP contribution in [0, 0.1) is 17.5 Å². The van der Waals surface area contributed by atoms with Crippen LogP contribution in [0.25, 0.3) is 11.3 Å². The number of benzene rings is 2. The van der Waals surface area contributed by atoms with Gasteiger partial charge in [-0.3, -0.25) is 0 Å². The minimum atomic E-state index is -0.778. The molecule has 150 valence electrons. The zero-order valence-electron chi connectivity index (χ0n) is 15.2. The van der Waals surface area contributed by atoms with Gasteiger partial charge >= 0.3 is 6.03 Å². The smallest absolute Gasteiger partial charge is 0.322 e. The van der Waals surface area contributed by atoms with E-state index in [9.17, 15) is 18.0 Å². The molecule has 0 spiro atoms. The van der Waals surface area contributed by atoms with Crippen LogP contribution >= 0.6 is 11.6 Å². The number of carbonyl (C=O) groups excluding carboxylic acids is 1. The van der Waals surface area contributed by atoms with Crippen molar-refractivity contribution in [1.29, 1.82) is 0 Å². The van der Waals surface area contributed by atoms with Gasteiger partial charge in [-0.2, -0.15) is 0 Å². The summed E-state index contributed by atoms with van der Waals surface area (Å²) < 4.78 is 46.1. The summed E-state index contributed by atoms with van der Waals surface area (Å²) in [4.78, 5) is 14.3. The lowest BCUT2D eigenvalue weighted by Crippen LogP contribution is -2.44. The Balaban J connectivity index is 1.61. The first-order valence-corrected chi connectivity index (χ1v) is 9.17. The van der Waals surface area contributed by atoms with E-state index in [1.54, 1.807) is 0 Å². The van der Waals surface area contributed by atoms with Gasteiger partial charge in [0.15, 0.2) is 5.76 Å². The zero-order valence-corrected chi connectivity index (χ0v) is 15.9. The van der Waals surface area contributed by atoms with Crippen LogP contribution in [0.3, 0.4) is 0 Å². The van der Waals surface area contributed by atoms with Crippen molar-refractivity contribution in [3.05, 3.63) is 70.1 Å².